The van der Waals surface area contributed by atoms with Gasteiger partial charge in [0.25, 0.3) is 0 Å². The van der Waals surface area contributed by atoms with Crippen LogP contribution in [0.15, 0.2) is 28.7 Å². The summed E-state index contributed by atoms with van der Waals surface area (Å²) in [5.74, 6) is 0. The Bertz CT molecular complexity index is 512. The van der Waals surface area contributed by atoms with Crippen LogP contribution in [0.3, 0.4) is 0 Å². The lowest BCUT2D eigenvalue weighted by Crippen LogP contribution is -2.07. The molecule has 0 amide bonds. The van der Waals surface area contributed by atoms with Crippen LogP contribution in [0.4, 0.5) is 0 Å². The number of rotatable bonds is 4. The second-order valence-corrected chi connectivity index (χ2v) is 4.43. The van der Waals surface area contributed by atoms with Gasteiger partial charge in [0.2, 0.25) is 0 Å². The van der Waals surface area contributed by atoms with E-state index in [1.807, 2.05) is 24.3 Å². The van der Waals surface area contributed by atoms with Crippen molar-refractivity contribution in [1.82, 2.24) is 15.0 Å². The summed E-state index contributed by atoms with van der Waals surface area (Å²) < 4.78 is 7.89. The Balaban J connectivity index is 2.47. The summed E-state index contributed by atoms with van der Waals surface area (Å²) in [5, 5.41) is 8.15. The number of hydrogen-bond donors (Lipinski definition) is 1. The van der Waals surface area contributed by atoms with Crippen LogP contribution in [-0.4, -0.2) is 22.1 Å². The Hall–Kier alpha value is -1.24. The quantitative estimate of drug-likeness (QED) is 0.931. The summed E-state index contributed by atoms with van der Waals surface area (Å²) in [7, 11) is 1.64. The van der Waals surface area contributed by atoms with Gasteiger partial charge in [0.15, 0.2) is 0 Å². The van der Waals surface area contributed by atoms with Crippen molar-refractivity contribution in [3.63, 3.8) is 0 Å². The number of benzene rings is 1. The molecule has 2 N–H and O–H groups in total. The Labute approximate surface area is 108 Å². The fourth-order valence-electron chi connectivity index (χ4n) is 1.59. The third kappa shape index (κ3) is 2.54. The van der Waals surface area contributed by atoms with E-state index in [0.29, 0.717) is 13.2 Å². The van der Waals surface area contributed by atoms with Crippen molar-refractivity contribution in [3.05, 3.63) is 40.1 Å². The third-order valence-electron chi connectivity index (χ3n) is 2.37. The number of hydrogen-bond acceptors (Lipinski definition) is 4. The molecule has 0 fully saturated rings. The number of aromatic nitrogens is 3. The maximum atomic E-state index is 5.62. The maximum absolute atomic E-state index is 5.62. The van der Waals surface area contributed by atoms with E-state index in [4.69, 9.17) is 10.5 Å². The van der Waals surface area contributed by atoms with Gasteiger partial charge in [-0.25, -0.2) is 4.68 Å². The van der Waals surface area contributed by atoms with Crippen LogP contribution in [0, 0.1) is 0 Å². The molecule has 90 valence electrons. The summed E-state index contributed by atoms with van der Waals surface area (Å²) >= 11 is 3.43. The molecule has 0 aliphatic rings. The molecule has 0 saturated heterocycles. The van der Waals surface area contributed by atoms with Crippen LogP contribution in [0.25, 0.3) is 5.69 Å². The molecule has 1 aromatic carbocycles. The summed E-state index contributed by atoms with van der Waals surface area (Å²) in [6.45, 7) is 0.790. The Morgan fingerprint density at radius 2 is 2.29 bits per heavy atom. The molecular formula is C11H13BrN4O. The van der Waals surface area contributed by atoms with Crippen molar-refractivity contribution < 1.29 is 4.74 Å². The van der Waals surface area contributed by atoms with E-state index < -0.39 is 0 Å². The molecule has 1 heterocycles. The van der Waals surface area contributed by atoms with Crippen LogP contribution >= 0.6 is 15.9 Å². The maximum Gasteiger partial charge on any atom is 0.102 e. The Morgan fingerprint density at radius 1 is 1.47 bits per heavy atom. The van der Waals surface area contributed by atoms with E-state index in [2.05, 4.69) is 26.2 Å². The number of nitrogens with two attached hydrogens (primary N) is 1. The minimum absolute atomic E-state index is 0.354. The standard InChI is InChI=1S/C11H13BrN4O/c1-17-7-11-10(6-13)14-15-16(11)9-4-2-3-8(12)5-9/h2-5H,6-7,13H2,1H3. The molecule has 0 radical (unpaired) electrons. The highest BCUT2D eigenvalue weighted by Gasteiger charge is 2.12. The minimum Gasteiger partial charge on any atom is -0.378 e. The van der Waals surface area contributed by atoms with Crippen molar-refractivity contribution in [1.29, 1.82) is 0 Å². The van der Waals surface area contributed by atoms with Crippen molar-refractivity contribution >= 4 is 15.9 Å². The van der Waals surface area contributed by atoms with Gasteiger partial charge in [-0.1, -0.05) is 27.2 Å². The van der Waals surface area contributed by atoms with Gasteiger partial charge in [-0.2, -0.15) is 0 Å². The average Bonchev–Trinajstić information content (AvgIpc) is 2.72. The summed E-state index contributed by atoms with van der Waals surface area (Å²) in [5.41, 5.74) is 8.19. The number of halogens is 1. The van der Waals surface area contributed by atoms with Crippen LogP contribution in [0.1, 0.15) is 11.4 Å². The number of nitrogens with zero attached hydrogens (tertiary/aromatic N) is 3. The van der Waals surface area contributed by atoms with E-state index in [-0.39, 0.29) is 0 Å². The predicted molar refractivity (Wildman–Crippen MR) is 67.7 cm³/mol. The molecule has 0 aliphatic carbocycles. The lowest BCUT2D eigenvalue weighted by atomic mass is 10.3. The fourth-order valence-corrected chi connectivity index (χ4v) is 1.97. The van der Waals surface area contributed by atoms with Gasteiger partial charge in [-0.3, -0.25) is 0 Å². The largest absolute Gasteiger partial charge is 0.378 e. The van der Waals surface area contributed by atoms with Crippen LogP contribution < -0.4 is 5.73 Å². The molecule has 0 bridgehead atoms. The van der Waals surface area contributed by atoms with Gasteiger partial charge < -0.3 is 10.5 Å². The van der Waals surface area contributed by atoms with E-state index in [1.54, 1.807) is 11.8 Å². The zero-order chi connectivity index (χ0) is 12.3. The molecule has 17 heavy (non-hydrogen) atoms. The van der Waals surface area contributed by atoms with Crippen LogP contribution in [-0.2, 0) is 17.9 Å². The average molecular weight is 297 g/mol. The molecule has 0 aliphatic heterocycles. The number of methoxy groups -OCH3 is 1. The smallest absolute Gasteiger partial charge is 0.102 e. The lowest BCUT2D eigenvalue weighted by Gasteiger charge is -2.06. The second-order valence-electron chi connectivity index (χ2n) is 3.51. The highest BCUT2D eigenvalue weighted by Crippen LogP contribution is 2.18. The first-order chi connectivity index (χ1) is 8.26. The summed E-state index contributed by atoms with van der Waals surface area (Å²) in [4.78, 5) is 0. The molecule has 5 nitrogen and oxygen atoms in total. The Morgan fingerprint density at radius 3 is 2.94 bits per heavy atom. The zero-order valence-corrected chi connectivity index (χ0v) is 11.0. The van der Waals surface area contributed by atoms with Gasteiger partial charge in [0, 0.05) is 18.1 Å². The molecule has 2 rings (SSSR count). The molecule has 6 heteroatoms. The van der Waals surface area contributed by atoms with E-state index in [9.17, 15) is 0 Å². The first kappa shape index (κ1) is 12.2. The normalized spacial score (nSPS) is 10.8. The van der Waals surface area contributed by atoms with Gasteiger partial charge in [0.05, 0.1) is 18.0 Å². The first-order valence-electron chi connectivity index (χ1n) is 5.14. The Kier molecular flexibility index (Phi) is 3.88. The zero-order valence-electron chi connectivity index (χ0n) is 9.43. The summed E-state index contributed by atoms with van der Waals surface area (Å²) in [6.07, 6.45) is 0. The van der Waals surface area contributed by atoms with Crippen molar-refractivity contribution in [2.45, 2.75) is 13.2 Å². The molecule has 0 spiro atoms. The second kappa shape index (κ2) is 5.39. The molecule has 1 aromatic heterocycles. The fraction of sp³-hybridized carbons (Fsp3) is 0.273. The molecule has 0 unspecified atom stereocenters. The van der Waals surface area contributed by atoms with Gasteiger partial charge in [-0.05, 0) is 18.2 Å². The SMILES string of the molecule is COCc1c(CN)nnn1-c1cccc(Br)c1. The topological polar surface area (TPSA) is 66.0 Å². The van der Waals surface area contributed by atoms with Gasteiger partial charge in [0.1, 0.15) is 5.69 Å². The highest BCUT2D eigenvalue weighted by atomic mass is 79.9. The van der Waals surface area contributed by atoms with Crippen LogP contribution in [0.5, 0.6) is 0 Å². The highest BCUT2D eigenvalue weighted by molar-refractivity contribution is 9.10. The number of ether oxygens (including phenoxy) is 1. The minimum atomic E-state index is 0.354. The van der Waals surface area contributed by atoms with E-state index >= 15 is 0 Å². The third-order valence-corrected chi connectivity index (χ3v) is 2.86. The monoisotopic (exact) mass is 296 g/mol. The molecule has 2 aromatic rings. The van der Waals surface area contributed by atoms with Gasteiger partial charge >= 0.3 is 0 Å². The van der Waals surface area contributed by atoms with Gasteiger partial charge in [-0.15, -0.1) is 5.10 Å². The van der Waals surface area contributed by atoms with Crippen LogP contribution in [0.2, 0.25) is 0 Å². The molecular weight excluding hydrogens is 284 g/mol. The van der Waals surface area contributed by atoms with E-state index in [0.717, 1.165) is 21.5 Å². The molecule has 0 atom stereocenters. The first-order valence-corrected chi connectivity index (χ1v) is 5.94. The van der Waals surface area contributed by atoms with Crippen molar-refractivity contribution in [3.8, 4) is 5.69 Å². The molecule has 0 saturated carbocycles. The van der Waals surface area contributed by atoms with Crippen molar-refractivity contribution in [2.75, 3.05) is 7.11 Å². The lowest BCUT2D eigenvalue weighted by molar-refractivity contribution is 0.178. The van der Waals surface area contributed by atoms with Crippen molar-refractivity contribution in [2.24, 2.45) is 5.73 Å². The summed E-state index contributed by atoms with van der Waals surface area (Å²) in [6, 6.07) is 7.83. The van der Waals surface area contributed by atoms with E-state index in [1.165, 1.54) is 0 Å². The predicted octanol–water partition coefficient (Wildman–Crippen LogP) is 1.63.